The van der Waals surface area contributed by atoms with Gasteiger partial charge in [0.05, 0.1) is 0 Å². The summed E-state index contributed by atoms with van der Waals surface area (Å²) in [5, 5.41) is 0. The van der Waals surface area contributed by atoms with E-state index in [1.807, 2.05) is 0 Å². The van der Waals surface area contributed by atoms with Gasteiger partial charge >= 0.3 is 0 Å². The Bertz CT molecular complexity index is 509. The minimum absolute atomic E-state index is 1.18. The topological polar surface area (TPSA) is 0 Å². The lowest BCUT2D eigenvalue weighted by atomic mass is 9.91. The molecule has 0 spiro atoms. The van der Waals surface area contributed by atoms with Gasteiger partial charge < -0.3 is 0 Å². The van der Waals surface area contributed by atoms with Crippen LogP contribution in [0.4, 0.5) is 0 Å². The van der Waals surface area contributed by atoms with Crippen LogP contribution in [0.25, 0.3) is 11.1 Å². The molecule has 0 aliphatic heterocycles. The lowest BCUT2D eigenvalue weighted by molar-refractivity contribution is 0.795. The van der Waals surface area contributed by atoms with Crippen molar-refractivity contribution in [3.05, 3.63) is 59.2 Å². The van der Waals surface area contributed by atoms with E-state index in [0.29, 0.717) is 0 Å². The summed E-state index contributed by atoms with van der Waals surface area (Å²) in [7, 11) is 0. The molecule has 0 unspecified atom stereocenters. The van der Waals surface area contributed by atoms with E-state index in [9.17, 15) is 0 Å². The first-order chi connectivity index (χ1) is 8.72. The summed E-state index contributed by atoms with van der Waals surface area (Å²) in [4.78, 5) is 0. The minimum Gasteiger partial charge on any atom is -0.0654 e. The summed E-state index contributed by atoms with van der Waals surface area (Å²) >= 11 is 0. The Labute approximate surface area is 111 Å². The molecule has 0 heterocycles. The Balaban J connectivity index is 2.50. The molecule has 2 aromatic carbocycles. The quantitative estimate of drug-likeness (QED) is 0.677. The lowest BCUT2D eigenvalue weighted by Gasteiger charge is -2.14. The molecular formula is C18H22. The van der Waals surface area contributed by atoms with Gasteiger partial charge in [-0.15, -0.1) is 0 Å². The highest BCUT2D eigenvalue weighted by Crippen LogP contribution is 2.29. The van der Waals surface area contributed by atoms with E-state index >= 15 is 0 Å². The monoisotopic (exact) mass is 238 g/mol. The van der Waals surface area contributed by atoms with Gasteiger partial charge in [-0.05, 0) is 48.9 Å². The van der Waals surface area contributed by atoms with Crippen molar-refractivity contribution in [1.29, 1.82) is 0 Å². The van der Waals surface area contributed by atoms with Gasteiger partial charge in [0.2, 0.25) is 0 Å². The van der Waals surface area contributed by atoms with Crippen molar-refractivity contribution in [1.82, 2.24) is 0 Å². The van der Waals surface area contributed by atoms with E-state index in [1.54, 1.807) is 0 Å². The van der Waals surface area contributed by atoms with Gasteiger partial charge in [-0.25, -0.2) is 0 Å². The third-order valence-electron chi connectivity index (χ3n) is 3.42. The first kappa shape index (κ1) is 12.9. The smallest absolute Gasteiger partial charge is 0.0122 e. The second-order valence-corrected chi connectivity index (χ2v) is 5.09. The molecule has 0 N–H and O–H groups in total. The van der Waals surface area contributed by atoms with Crippen molar-refractivity contribution in [3.8, 4) is 11.1 Å². The highest BCUT2D eigenvalue weighted by molar-refractivity contribution is 5.71. The van der Waals surface area contributed by atoms with Crippen LogP contribution in [0.15, 0.2) is 42.5 Å². The third kappa shape index (κ3) is 2.81. The molecule has 0 atom stereocenters. The number of hydrogen-bond donors (Lipinski definition) is 0. The van der Waals surface area contributed by atoms with Gasteiger partial charge in [-0.2, -0.15) is 0 Å². The van der Waals surface area contributed by atoms with Gasteiger partial charge in [0.1, 0.15) is 0 Å². The van der Waals surface area contributed by atoms with E-state index < -0.39 is 0 Å². The van der Waals surface area contributed by atoms with Gasteiger partial charge in [-0.1, -0.05) is 61.4 Å². The molecule has 2 rings (SSSR count). The average molecular weight is 238 g/mol. The number of benzene rings is 2. The van der Waals surface area contributed by atoms with Crippen LogP contribution in [0.3, 0.4) is 0 Å². The molecule has 0 bridgehead atoms. The summed E-state index contributed by atoms with van der Waals surface area (Å²) in [5.41, 5.74) is 7.06. The molecule has 0 radical (unpaired) electrons. The van der Waals surface area contributed by atoms with Gasteiger partial charge in [0.15, 0.2) is 0 Å². The molecule has 0 aromatic heterocycles. The van der Waals surface area contributed by atoms with Crippen LogP contribution in [0, 0.1) is 13.8 Å². The maximum Gasteiger partial charge on any atom is -0.0122 e. The van der Waals surface area contributed by atoms with Crippen LogP contribution in [0.5, 0.6) is 0 Å². The minimum atomic E-state index is 1.18. The fourth-order valence-corrected chi connectivity index (χ4v) is 2.64. The predicted octanol–water partition coefficient (Wildman–Crippen LogP) is 5.31. The Morgan fingerprint density at radius 1 is 0.944 bits per heavy atom. The first-order valence-corrected chi connectivity index (χ1v) is 6.88. The van der Waals surface area contributed by atoms with Crippen LogP contribution in [-0.2, 0) is 6.42 Å². The van der Waals surface area contributed by atoms with Crippen molar-refractivity contribution in [2.75, 3.05) is 0 Å². The fraction of sp³-hybridized carbons (Fsp3) is 0.333. The fourth-order valence-electron chi connectivity index (χ4n) is 2.64. The molecule has 94 valence electrons. The summed E-state index contributed by atoms with van der Waals surface area (Å²) in [6.45, 7) is 6.67. The van der Waals surface area contributed by atoms with Crippen LogP contribution >= 0.6 is 0 Å². The van der Waals surface area contributed by atoms with E-state index in [4.69, 9.17) is 0 Å². The third-order valence-corrected chi connectivity index (χ3v) is 3.42. The summed E-state index contributed by atoms with van der Waals surface area (Å²) in [6, 6.07) is 15.4. The van der Waals surface area contributed by atoms with E-state index in [2.05, 4.69) is 63.2 Å². The van der Waals surface area contributed by atoms with E-state index in [-0.39, 0.29) is 0 Å². The van der Waals surface area contributed by atoms with Crippen molar-refractivity contribution in [2.24, 2.45) is 0 Å². The molecule has 0 aliphatic carbocycles. The van der Waals surface area contributed by atoms with Crippen molar-refractivity contribution >= 4 is 0 Å². The highest BCUT2D eigenvalue weighted by Gasteiger charge is 2.08. The zero-order valence-corrected chi connectivity index (χ0v) is 11.7. The predicted molar refractivity (Wildman–Crippen MR) is 80.0 cm³/mol. The van der Waals surface area contributed by atoms with Crippen LogP contribution in [0.1, 0.15) is 36.5 Å². The summed E-state index contributed by atoms with van der Waals surface area (Å²) in [6.07, 6.45) is 3.70. The standard InChI is InChI=1S/C18H22/c1-4-5-9-17-13-14(2)12-15(3)18(17)16-10-7-6-8-11-16/h6-8,10-13H,4-5,9H2,1-3H3. The highest BCUT2D eigenvalue weighted by atomic mass is 14.1. The lowest BCUT2D eigenvalue weighted by Crippen LogP contribution is -1.95. The van der Waals surface area contributed by atoms with Crippen LogP contribution < -0.4 is 0 Å². The number of unbranched alkanes of at least 4 members (excludes halogenated alkanes) is 1. The molecule has 0 fully saturated rings. The molecule has 0 nitrogen and oxygen atoms in total. The Kier molecular flexibility index (Phi) is 4.19. The Morgan fingerprint density at radius 2 is 1.67 bits per heavy atom. The zero-order valence-electron chi connectivity index (χ0n) is 11.7. The first-order valence-electron chi connectivity index (χ1n) is 6.88. The zero-order chi connectivity index (χ0) is 13.0. The summed E-state index contributed by atoms with van der Waals surface area (Å²) in [5.74, 6) is 0. The van der Waals surface area contributed by atoms with Crippen molar-refractivity contribution in [3.63, 3.8) is 0 Å². The molecular weight excluding hydrogens is 216 g/mol. The second kappa shape index (κ2) is 5.86. The van der Waals surface area contributed by atoms with Crippen molar-refractivity contribution in [2.45, 2.75) is 40.0 Å². The average Bonchev–Trinajstić information content (AvgIpc) is 2.36. The molecule has 18 heavy (non-hydrogen) atoms. The maximum absolute atomic E-state index is 2.35. The van der Waals surface area contributed by atoms with Crippen molar-refractivity contribution < 1.29 is 0 Å². The second-order valence-electron chi connectivity index (χ2n) is 5.09. The van der Waals surface area contributed by atoms with E-state index in [1.165, 1.54) is 47.1 Å². The van der Waals surface area contributed by atoms with Crippen LogP contribution in [-0.4, -0.2) is 0 Å². The molecule has 2 aromatic rings. The van der Waals surface area contributed by atoms with Gasteiger partial charge in [0.25, 0.3) is 0 Å². The molecule has 0 aliphatic rings. The normalized spacial score (nSPS) is 10.6. The van der Waals surface area contributed by atoms with Gasteiger partial charge in [0, 0.05) is 0 Å². The molecule has 0 saturated heterocycles. The SMILES string of the molecule is CCCCc1cc(C)cc(C)c1-c1ccccc1. The van der Waals surface area contributed by atoms with Gasteiger partial charge in [-0.3, -0.25) is 0 Å². The number of aryl methyl sites for hydroxylation is 3. The number of hydrogen-bond acceptors (Lipinski definition) is 0. The molecule has 0 heteroatoms. The molecule has 0 amide bonds. The largest absolute Gasteiger partial charge is 0.0654 e. The summed E-state index contributed by atoms with van der Waals surface area (Å²) < 4.78 is 0. The maximum atomic E-state index is 2.35. The van der Waals surface area contributed by atoms with E-state index in [0.717, 1.165) is 0 Å². The molecule has 0 saturated carbocycles. The number of rotatable bonds is 4. The Morgan fingerprint density at radius 3 is 2.33 bits per heavy atom. The van der Waals surface area contributed by atoms with Crippen LogP contribution in [0.2, 0.25) is 0 Å². The Hall–Kier alpha value is -1.56.